The molecule has 20 heteroatoms. The van der Waals surface area contributed by atoms with Crippen LogP contribution in [0.3, 0.4) is 0 Å². The molecule has 0 aliphatic rings. The monoisotopic (exact) mass is 928 g/mol. The van der Waals surface area contributed by atoms with E-state index in [4.69, 9.17) is 19.9 Å². The minimum atomic E-state index is -1.47. The summed E-state index contributed by atoms with van der Waals surface area (Å²) in [6.45, 7) is 20.5. The average molecular weight is 928 g/mol. The fourth-order valence-corrected chi connectivity index (χ4v) is 6.89. The number of nitrogens with one attached hydrogen (secondary N) is 7. The van der Waals surface area contributed by atoms with Crippen molar-refractivity contribution in [3.63, 3.8) is 0 Å². The molecule has 344 valence electrons. The quantitative estimate of drug-likeness (QED) is 0.0640. The Morgan fingerprint density at radius 3 is 1.67 bits per heavy atom. The maximum absolute atomic E-state index is 13.8. The molecule has 0 fully saturated rings. The third-order valence-corrected chi connectivity index (χ3v) is 10.3. The smallest absolute Gasteiger partial charge is 0.374 e. The molecule has 0 unspecified atom stereocenters. The predicted octanol–water partition coefficient (Wildman–Crippen LogP) is -1.16. The van der Waals surface area contributed by atoms with E-state index in [1.54, 1.807) is 69.2 Å². The van der Waals surface area contributed by atoms with Crippen molar-refractivity contribution >= 4 is 66.7 Å². The van der Waals surface area contributed by atoms with Crippen LogP contribution in [0.4, 0.5) is 0 Å². The molecule has 0 aliphatic heterocycles. The van der Waals surface area contributed by atoms with Crippen LogP contribution in [0.5, 0.6) is 0 Å². The normalized spacial score (nSPS) is 15.3. The minimum absolute atomic E-state index is 0.149. The average Bonchev–Trinajstić information content (AvgIpc) is 3.13. The zero-order valence-corrected chi connectivity index (χ0v) is 39.4. The summed E-state index contributed by atoms with van der Waals surface area (Å²) in [6.07, 6.45) is -0.957. The summed E-state index contributed by atoms with van der Waals surface area (Å²) in [4.78, 5) is 104. The van der Waals surface area contributed by atoms with Gasteiger partial charge in [-0.25, -0.2) is 0 Å². The van der Waals surface area contributed by atoms with Crippen LogP contribution in [-0.4, -0.2) is 141 Å². The Morgan fingerprint density at radius 2 is 1.15 bits per heavy atom. The molecule has 1 aromatic carbocycles. The van der Waals surface area contributed by atoms with Gasteiger partial charge in [-0.1, -0.05) is 0 Å². The zero-order chi connectivity index (χ0) is 46.9. The summed E-state index contributed by atoms with van der Waals surface area (Å²) in [5.41, 5.74) is 3.94. The molecule has 0 aliphatic carbocycles. The first-order valence-corrected chi connectivity index (χ1v) is 22.0. The Labute approximate surface area is 365 Å². The second-order valence-corrected chi connectivity index (χ2v) is 19.7. The number of carbonyl (C=O) groups is 8. The Bertz CT molecular complexity index is 1660. The molecule has 1 aromatic rings. The van der Waals surface area contributed by atoms with Gasteiger partial charge in [0.1, 0.15) is 6.04 Å². The topological polar surface area (TPSA) is 274 Å². The molecule has 8 amide bonds. The third kappa shape index (κ3) is 23.4. The van der Waals surface area contributed by atoms with Crippen LogP contribution in [0.15, 0.2) is 30.3 Å². The van der Waals surface area contributed by atoms with Crippen molar-refractivity contribution in [2.24, 2.45) is 5.73 Å². The van der Waals surface area contributed by atoms with E-state index in [0.29, 0.717) is 0 Å². The number of nitrogens with two attached hydrogens (primary N) is 1. The summed E-state index contributed by atoms with van der Waals surface area (Å²) in [7, 11) is 0. The van der Waals surface area contributed by atoms with Gasteiger partial charge in [-0.3, -0.25) is 4.79 Å². The van der Waals surface area contributed by atoms with Crippen molar-refractivity contribution in [3.05, 3.63) is 30.3 Å². The van der Waals surface area contributed by atoms with Gasteiger partial charge in [0, 0.05) is 0 Å². The van der Waals surface area contributed by atoms with Gasteiger partial charge in [0.25, 0.3) is 0 Å². The Morgan fingerprint density at radius 1 is 0.623 bits per heavy atom. The van der Waals surface area contributed by atoms with E-state index in [2.05, 4.69) is 37.2 Å². The van der Waals surface area contributed by atoms with Crippen molar-refractivity contribution in [3.8, 4) is 0 Å². The molecule has 1 rings (SSSR count). The first kappa shape index (κ1) is 54.6. The van der Waals surface area contributed by atoms with E-state index < -0.39 is 106 Å². The van der Waals surface area contributed by atoms with Crippen molar-refractivity contribution in [1.82, 2.24) is 37.2 Å². The summed E-state index contributed by atoms with van der Waals surface area (Å²) >= 11 is -0.308. The second kappa shape index (κ2) is 24.8. The molecule has 0 spiro atoms. The van der Waals surface area contributed by atoms with Crippen LogP contribution in [-0.2, 0) is 52.6 Å². The number of hydrogen-bond acceptors (Lipinski definition) is 12. The maximum atomic E-state index is 13.8. The molecular formula is C41H68N8O11Se. The second-order valence-electron chi connectivity index (χ2n) is 17.4. The van der Waals surface area contributed by atoms with E-state index in [1.165, 1.54) is 20.8 Å². The molecule has 7 atom stereocenters. The predicted molar refractivity (Wildman–Crippen MR) is 229 cm³/mol. The Kier molecular flexibility index (Phi) is 22.2. The van der Waals surface area contributed by atoms with Crippen molar-refractivity contribution < 1.29 is 52.6 Å². The zero-order valence-electron chi connectivity index (χ0n) is 37.7. The Balaban J connectivity index is 3.25. The molecule has 0 aromatic heterocycles. The fourth-order valence-electron chi connectivity index (χ4n) is 4.92. The fraction of sp³-hybridized carbons (Fsp3) is 0.659. The summed E-state index contributed by atoms with van der Waals surface area (Å²) in [5.74, 6) is -5.93. The minimum Gasteiger partial charge on any atom is -0.374 e. The number of imide groups is 1. The molecule has 0 saturated carbocycles. The number of rotatable bonds is 22. The SMILES string of the molecule is CC(=O)NCC(=O)N[C@@H](C)C(=O)N[C@@H](C[Se]c1ccccc1)C(=O)N[C@@H](C)C(=O)N[C@@H](COC(C)(C)C)C(=O)NC(=O)[C@H](NC(=O)[C@@H](N)COC(C)(C)C)[C@@H](C)OC(C)(C)C. The summed E-state index contributed by atoms with van der Waals surface area (Å²) in [5, 5.41) is 17.5. The molecule has 19 nitrogen and oxygen atoms in total. The van der Waals surface area contributed by atoms with Crippen LogP contribution < -0.4 is 47.4 Å². The third-order valence-electron chi connectivity index (χ3n) is 8.00. The van der Waals surface area contributed by atoms with Crippen molar-refractivity contribution in [2.75, 3.05) is 19.8 Å². The van der Waals surface area contributed by atoms with Gasteiger partial charge in [-0.05, 0) is 48.5 Å². The van der Waals surface area contributed by atoms with Crippen molar-refractivity contribution in [1.29, 1.82) is 0 Å². The molecular weight excluding hydrogens is 859 g/mol. The van der Waals surface area contributed by atoms with Gasteiger partial charge in [0.05, 0.1) is 23.9 Å². The summed E-state index contributed by atoms with van der Waals surface area (Å²) < 4.78 is 18.3. The van der Waals surface area contributed by atoms with Crippen LogP contribution in [0.25, 0.3) is 0 Å². The number of benzene rings is 1. The first-order chi connectivity index (χ1) is 28.0. The first-order valence-electron chi connectivity index (χ1n) is 20.0. The van der Waals surface area contributed by atoms with Crippen LogP contribution in [0.2, 0.25) is 5.32 Å². The van der Waals surface area contributed by atoms with Crippen molar-refractivity contribution in [2.45, 2.75) is 154 Å². The van der Waals surface area contributed by atoms with E-state index in [-0.39, 0.29) is 40.0 Å². The number of hydrogen-bond donors (Lipinski definition) is 8. The van der Waals surface area contributed by atoms with Gasteiger partial charge in [-0.2, -0.15) is 0 Å². The molecule has 0 saturated heterocycles. The Hall–Kier alpha value is -4.46. The molecule has 61 heavy (non-hydrogen) atoms. The number of carbonyl (C=O) groups excluding carboxylic acids is 8. The molecule has 0 bridgehead atoms. The van der Waals surface area contributed by atoms with Gasteiger partial charge in [0.2, 0.25) is 5.91 Å². The van der Waals surface area contributed by atoms with E-state index in [0.717, 1.165) is 4.46 Å². The van der Waals surface area contributed by atoms with E-state index in [1.807, 2.05) is 30.3 Å². The molecule has 0 radical (unpaired) electrons. The van der Waals surface area contributed by atoms with Crippen LogP contribution in [0, 0.1) is 0 Å². The van der Waals surface area contributed by atoms with Gasteiger partial charge in [-0.15, -0.1) is 0 Å². The van der Waals surface area contributed by atoms with Gasteiger partial charge in [0.15, 0.2) is 0 Å². The molecule has 9 N–H and O–H groups in total. The number of amides is 8. The van der Waals surface area contributed by atoms with E-state index in [9.17, 15) is 38.4 Å². The van der Waals surface area contributed by atoms with Gasteiger partial charge < -0.3 is 20.5 Å². The van der Waals surface area contributed by atoms with Crippen LogP contribution >= 0.6 is 0 Å². The summed E-state index contributed by atoms with van der Waals surface area (Å²) in [6, 6.07) is 1.74. The number of ether oxygens (including phenoxy) is 3. The standard InChI is InChI=1S/C41H68N8O11Se/c1-23(44-31(51)19-43-26(4)50)33(52)47-30(22-61-27-17-15-14-16-18-27)37(56)45-24(2)34(53)46-29(21-59-40(8,9)10)36(55)49-38(57)32(25(3)60-41(11,12)13)48-35(54)28(42)20-58-39(5,6)7/h14-18,23-25,28-30,32H,19-22,42H2,1-13H3,(H,43,50)(H,44,51)(H,45,56)(H,46,53)(H,47,52)(H,48,54)(H,49,55,57)/t23-,24-,25+,28-,29-,30-,32+/m0/s1. The van der Waals surface area contributed by atoms with Crippen LogP contribution in [0.1, 0.15) is 90.0 Å². The molecule has 0 heterocycles. The van der Waals surface area contributed by atoms with E-state index >= 15 is 0 Å². The van der Waals surface area contributed by atoms with Gasteiger partial charge >= 0.3 is 257 Å².